The minimum Gasteiger partial charge on any atom is -0.448 e. The lowest BCUT2D eigenvalue weighted by Crippen LogP contribution is -2.39. The molecule has 0 bridgehead atoms. The van der Waals surface area contributed by atoms with Crippen molar-refractivity contribution in [1.82, 2.24) is 0 Å². The van der Waals surface area contributed by atoms with Gasteiger partial charge in [-0.1, -0.05) is 36.7 Å². The second-order valence-corrected chi connectivity index (χ2v) is 6.53. The molecule has 0 aliphatic carbocycles. The van der Waals surface area contributed by atoms with E-state index < -0.39 is 34.1 Å². The molecule has 12 heteroatoms. The van der Waals surface area contributed by atoms with E-state index in [-0.39, 0.29) is 35.7 Å². The molecule has 0 saturated heterocycles. The zero-order chi connectivity index (χ0) is 19.4. The molecular weight excluding hydrogens is 358 g/mol. The minimum atomic E-state index is -5.21. The molecule has 0 aliphatic rings. The van der Waals surface area contributed by atoms with Gasteiger partial charge in [-0.25, -0.2) is 4.79 Å². The summed E-state index contributed by atoms with van der Waals surface area (Å²) in [5.41, 5.74) is 0.432. The highest BCUT2D eigenvalue weighted by molar-refractivity contribution is 7.85. The molecule has 1 N–H and O–H groups in total. The number of rotatable bonds is 7. The highest BCUT2D eigenvalue weighted by Gasteiger charge is 2.45. The number of carbonyl (C=O) groups excluding carboxylic acids is 1. The Kier molecular flexibility index (Phi) is 7.19. The fourth-order valence-electron chi connectivity index (χ4n) is 2.16. The van der Waals surface area contributed by atoms with Crippen LogP contribution >= 0.6 is 0 Å². The predicted molar refractivity (Wildman–Crippen MR) is 86.5 cm³/mol. The summed E-state index contributed by atoms with van der Waals surface area (Å²) in [6.45, 7) is 0. The van der Waals surface area contributed by atoms with Crippen LogP contribution < -0.4 is 0 Å². The number of alkyl halides is 3. The molecule has 25 heavy (non-hydrogen) atoms. The molecule has 130 valence electrons. The number of hydrogen-bond acceptors (Lipinski definition) is 4. The van der Waals surface area contributed by atoms with Crippen LogP contribution in [0.15, 0.2) is 12.1 Å². The second-order valence-electron chi connectivity index (χ2n) is 5.03. The van der Waals surface area contributed by atoms with Crippen molar-refractivity contribution in [2.75, 3.05) is 5.75 Å². The summed E-state index contributed by atoms with van der Waals surface area (Å²) in [4.78, 5) is 12.3. The van der Waals surface area contributed by atoms with Crippen molar-refractivity contribution in [2.24, 2.45) is 0 Å². The molecule has 6 radical (unpaired) electrons. The zero-order valence-electron chi connectivity index (χ0n) is 12.9. The van der Waals surface area contributed by atoms with Crippen molar-refractivity contribution < 1.29 is 35.7 Å². The van der Waals surface area contributed by atoms with Gasteiger partial charge in [0.1, 0.15) is 5.75 Å². The second kappa shape index (κ2) is 8.31. The third kappa shape index (κ3) is 5.81. The van der Waals surface area contributed by atoms with E-state index in [1.807, 2.05) is 0 Å². The molecule has 1 aromatic rings. The summed E-state index contributed by atoms with van der Waals surface area (Å²) >= 11 is 0. The number of ether oxygens (including phenoxy) is 1. The Morgan fingerprint density at radius 1 is 1.12 bits per heavy atom. The number of benzene rings is 1. The largest absolute Gasteiger partial charge is 0.448 e. The van der Waals surface area contributed by atoms with Gasteiger partial charge < -0.3 is 4.74 Å². The van der Waals surface area contributed by atoms with Gasteiger partial charge in [-0.05, 0) is 11.1 Å². The van der Waals surface area contributed by atoms with Crippen LogP contribution in [-0.2, 0) is 33.8 Å². The summed E-state index contributed by atoms with van der Waals surface area (Å²) in [5, 5.41) is 0. The lowest BCUT2D eigenvalue weighted by molar-refractivity contribution is -0.197. The highest BCUT2D eigenvalue weighted by Crippen LogP contribution is 2.27. The number of esters is 1. The van der Waals surface area contributed by atoms with Crippen molar-refractivity contribution in [3.63, 3.8) is 0 Å². The number of halogens is 3. The van der Waals surface area contributed by atoms with Crippen LogP contribution in [0.1, 0.15) is 27.0 Å². The molecule has 5 nitrogen and oxygen atoms in total. The van der Waals surface area contributed by atoms with Crippen LogP contribution in [0.25, 0.3) is 0 Å². The lowest BCUT2D eigenvalue weighted by atomic mass is 9.80. The van der Waals surface area contributed by atoms with E-state index in [9.17, 15) is 26.4 Å². The van der Waals surface area contributed by atoms with Crippen LogP contribution in [0.2, 0.25) is 0 Å². The molecular formula is C13H12B3F3O5S. The van der Waals surface area contributed by atoms with Gasteiger partial charge in [0, 0.05) is 0 Å². The zero-order valence-corrected chi connectivity index (χ0v) is 13.7. The van der Waals surface area contributed by atoms with E-state index in [4.69, 9.17) is 28.1 Å². The molecule has 0 aliphatic heterocycles. The Morgan fingerprint density at radius 3 is 2.04 bits per heavy atom. The SMILES string of the molecule is [B]Cc1ccc(C[B])c(C(=O)OC(CS(=O)(=O)O)C(F)(F)F)c1C[B]. The third-order valence-electron chi connectivity index (χ3n) is 3.32. The Labute approximate surface area is 147 Å². The van der Waals surface area contributed by atoms with Crippen LogP contribution in [0, 0.1) is 0 Å². The molecule has 0 amide bonds. The maximum atomic E-state index is 12.9. The fraction of sp³-hybridized carbons (Fsp3) is 0.462. The smallest absolute Gasteiger partial charge is 0.426 e. The van der Waals surface area contributed by atoms with E-state index in [2.05, 4.69) is 4.74 Å². The molecule has 0 aromatic heterocycles. The average molecular weight is 370 g/mol. The maximum Gasteiger partial charge on any atom is 0.426 e. The summed E-state index contributed by atoms with van der Waals surface area (Å²) in [6, 6.07) is 2.92. The van der Waals surface area contributed by atoms with Gasteiger partial charge in [-0.2, -0.15) is 21.6 Å². The number of carbonyl (C=O) groups is 1. The van der Waals surface area contributed by atoms with E-state index >= 15 is 0 Å². The van der Waals surface area contributed by atoms with Crippen LogP contribution in [0.3, 0.4) is 0 Å². The first-order valence-electron chi connectivity index (χ1n) is 6.91. The van der Waals surface area contributed by atoms with Crippen molar-refractivity contribution >= 4 is 39.6 Å². The fourth-order valence-corrected chi connectivity index (χ4v) is 2.80. The van der Waals surface area contributed by atoms with E-state index in [1.54, 1.807) is 0 Å². The average Bonchev–Trinajstić information content (AvgIpc) is 2.50. The van der Waals surface area contributed by atoms with Crippen LogP contribution in [-0.4, -0.2) is 60.5 Å². The van der Waals surface area contributed by atoms with Gasteiger partial charge in [0.15, 0.2) is 0 Å². The maximum absolute atomic E-state index is 12.9. The summed E-state index contributed by atoms with van der Waals surface area (Å²) in [7, 11) is 11.5. The van der Waals surface area contributed by atoms with Crippen LogP contribution in [0.5, 0.6) is 0 Å². The molecule has 0 heterocycles. The summed E-state index contributed by atoms with van der Waals surface area (Å²) < 4.78 is 73.2. The van der Waals surface area contributed by atoms with E-state index in [1.165, 1.54) is 12.1 Å². The first kappa shape index (κ1) is 21.6. The molecule has 0 fully saturated rings. The molecule has 1 rings (SSSR count). The van der Waals surface area contributed by atoms with Gasteiger partial charge in [0.05, 0.1) is 29.1 Å². The van der Waals surface area contributed by atoms with Gasteiger partial charge in [0.25, 0.3) is 10.1 Å². The normalized spacial score (nSPS) is 13.4. The van der Waals surface area contributed by atoms with Gasteiger partial charge in [0.2, 0.25) is 6.10 Å². The molecule has 0 saturated carbocycles. The Morgan fingerprint density at radius 2 is 1.64 bits per heavy atom. The van der Waals surface area contributed by atoms with Gasteiger partial charge in [-0.3, -0.25) is 4.55 Å². The van der Waals surface area contributed by atoms with Crippen LogP contribution in [0.4, 0.5) is 13.2 Å². The third-order valence-corrected chi connectivity index (χ3v) is 4.04. The van der Waals surface area contributed by atoms with Gasteiger partial charge in [-0.15, -0.1) is 0 Å². The number of hydrogen-bond donors (Lipinski definition) is 1. The highest BCUT2D eigenvalue weighted by atomic mass is 32.2. The van der Waals surface area contributed by atoms with E-state index in [0.29, 0.717) is 5.56 Å². The van der Waals surface area contributed by atoms with E-state index in [0.717, 1.165) is 0 Å². The summed E-state index contributed by atoms with van der Waals surface area (Å²) in [5.74, 6) is -3.28. The lowest BCUT2D eigenvalue weighted by Gasteiger charge is -2.22. The molecule has 0 spiro atoms. The monoisotopic (exact) mass is 370 g/mol. The summed E-state index contributed by atoms with van der Waals surface area (Å²) in [6.07, 6.45) is -8.71. The molecule has 1 unspecified atom stereocenters. The Bertz CT molecular complexity index is 737. The molecule has 1 atom stereocenters. The Balaban J connectivity index is 3.33. The van der Waals surface area contributed by atoms with Crippen molar-refractivity contribution in [3.8, 4) is 0 Å². The first-order chi connectivity index (χ1) is 11.4. The minimum absolute atomic E-state index is 0.0363. The standard InChI is InChI=1S/C13H12B3F3O5S/c14-3-7-1-2-8(4-15)11(9(7)5-16)12(20)24-10(13(17,18)19)6-25(21,22)23/h1-2,10H,3-6H2,(H,21,22,23). The van der Waals surface area contributed by atoms with Crippen molar-refractivity contribution in [3.05, 3.63) is 34.4 Å². The quantitative estimate of drug-likeness (QED) is 0.434. The Hall–Kier alpha value is -1.42. The van der Waals surface area contributed by atoms with Crippen molar-refractivity contribution in [2.45, 2.75) is 31.2 Å². The first-order valence-corrected chi connectivity index (χ1v) is 8.52. The van der Waals surface area contributed by atoms with Crippen molar-refractivity contribution in [1.29, 1.82) is 0 Å². The topological polar surface area (TPSA) is 80.7 Å². The van der Waals surface area contributed by atoms with Gasteiger partial charge >= 0.3 is 12.1 Å². The molecule has 1 aromatic carbocycles. The predicted octanol–water partition coefficient (Wildman–Crippen LogP) is 0.668.